The van der Waals surface area contributed by atoms with Crippen LogP contribution in [0.1, 0.15) is 13.3 Å². The number of sulfonamides is 1. The standard InChI is InChI=1S/C28H29N3O7S/c1-3-31(20-7-5-4-6-8-20)39(34,35)22-10-12-24(36-2)23(17-22)29-28(33)19-15-27(32)30(18-19)21-9-11-25-26(16-21)38-14-13-37-25/h4-12,16-17,19H,3,13-15,18H2,1-2H3,(H,29,33). The van der Waals surface area contributed by atoms with Crippen LogP contribution in [0.25, 0.3) is 0 Å². The third-order valence-corrected chi connectivity index (χ3v) is 8.58. The van der Waals surface area contributed by atoms with Crippen LogP contribution in [0.5, 0.6) is 17.2 Å². The van der Waals surface area contributed by atoms with E-state index in [9.17, 15) is 18.0 Å². The molecule has 0 spiro atoms. The van der Waals surface area contributed by atoms with Gasteiger partial charge in [0, 0.05) is 31.3 Å². The third kappa shape index (κ3) is 5.22. The second-order valence-corrected chi connectivity index (χ2v) is 11.0. The van der Waals surface area contributed by atoms with Gasteiger partial charge in [0.05, 0.1) is 29.3 Å². The predicted octanol–water partition coefficient (Wildman–Crippen LogP) is 3.67. The molecular formula is C28H29N3O7S. The number of benzene rings is 3. The molecule has 0 aliphatic carbocycles. The summed E-state index contributed by atoms with van der Waals surface area (Å²) in [5.74, 6) is 0.217. The Morgan fingerprint density at radius 1 is 1.05 bits per heavy atom. The molecule has 1 saturated heterocycles. The van der Waals surface area contributed by atoms with Crippen molar-refractivity contribution in [1.29, 1.82) is 0 Å². The van der Waals surface area contributed by atoms with Gasteiger partial charge in [0.25, 0.3) is 10.0 Å². The van der Waals surface area contributed by atoms with E-state index in [2.05, 4.69) is 5.32 Å². The minimum atomic E-state index is -3.93. The van der Waals surface area contributed by atoms with Crippen LogP contribution in [0.15, 0.2) is 71.6 Å². The summed E-state index contributed by atoms with van der Waals surface area (Å²) in [6.45, 7) is 3.03. The lowest BCUT2D eigenvalue weighted by Crippen LogP contribution is -2.31. The zero-order valence-corrected chi connectivity index (χ0v) is 22.4. The van der Waals surface area contributed by atoms with E-state index in [0.29, 0.717) is 41.8 Å². The van der Waals surface area contributed by atoms with Gasteiger partial charge in [-0.2, -0.15) is 0 Å². The number of rotatable bonds is 8. The molecule has 1 N–H and O–H groups in total. The maximum Gasteiger partial charge on any atom is 0.264 e. The molecule has 1 fully saturated rings. The minimum absolute atomic E-state index is 0.00436. The number of ether oxygens (including phenoxy) is 3. The normalized spacial score (nSPS) is 16.6. The molecule has 2 aliphatic heterocycles. The van der Waals surface area contributed by atoms with Crippen molar-refractivity contribution in [1.82, 2.24) is 0 Å². The number of methoxy groups -OCH3 is 1. The highest BCUT2D eigenvalue weighted by Crippen LogP contribution is 2.37. The van der Waals surface area contributed by atoms with Crippen LogP contribution in [-0.2, 0) is 19.6 Å². The number of carbonyl (C=O) groups is 2. The molecule has 39 heavy (non-hydrogen) atoms. The lowest BCUT2D eigenvalue weighted by molar-refractivity contribution is -0.122. The number of para-hydroxylation sites is 1. The van der Waals surface area contributed by atoms with Crippen LogP contribution in [0.3, 0.4) is 0 Å². The summed E-state index contributed by atoms with van der Waals surface area (Å²) in [6.07, 6.45) is 0.0121. The molecule has 0 aromatic heterocycles. The maximum atomic E-state index is 13.5. The van der Waals surface area contributed by atoms with Crippen molar-refractivity contribution >= 4 is 38.9 Å². The lowest BCUT2D eigenvalue weighted by Gasteiger charge is -2.23. The summed E-state index contributed by atoms with van der Waals surface area (Å²) in [6, 6.07) is 18.4. The van der Waals surface area contributed by atoms with Gasteiger partial charge in [0.1, 0.15) is 19.0 Å². The Morgan fingerprint density at radius 3 is 2.51 bits per heavy atom. The first-order valence-electron chi connectivity index (χ1n) is 12.6. The maximum absolute atomic E-state index is 13.5. The number of amides is 2. The second-order valence-electron chi connectivity index (χ2n) is 9.09. The average Bonchev–Trinajstić information content (AvgIpc) is 3.35. The highest BCUT2D eigenvalue weighted by atomic mass is 32.2. The topological polar surface area (TPSA) is 114 Å². The number of nitrogens with zero attached hydrogens (tertiary/aromatic N) is 2. The Bertz CT molecular complexity index is 1490. The zero-order chi connectivity index (χ0) is 27.6. The molecule has 3 aromatic rings. The fourth-order valence-electron chi connectivity index (χ4n) is 4.73. The number of hydrogen-bond acceptors (Lipinski definition) is 7. The Kier molecular flexibility index (Phi) is 7.34. The van der Waals surface area contributed by atoms with Gasteiger partial charge >= 0.3 is 0 Å². The van der Waals surface area contributed by atoms with Crippen molar-refractivity contribution in [3.05, 3.63) is 66.7 Å². The van der Waals surface area contributed by atoms with E-state index in [4.69, 9.17) is 14.2 Å². The van der Waals surface area contributed by atoms with Crippen LogP contribution in [-0.4, -0.2) is 53.6 Å². The van der Waals surface area contributed by atoms with Gasteiger partial charge in [-0.1, -0.05) is 18.2 Å². The van der Waals surface area contributed by atoms with Gasteiger partial charge in [-0.25, -0.2) is 8.42 Å². The molecule has 204 valence electrons. The summed E-state index contributed by atoms with van der Waals surface area (Å²) in [4.78, 5) is 27.6. The SMILES string of the molecule is CCN(c1ccccc1)S(=O)(=O)c1ccc(OC)c(NC(=O)C2CC(=O)N(c3ccc4c(c3)OCCO4)C2)c1. The summed E-state index contributed by atoms with van der Waals surface area (Å²) in [7, 11) is -2.49. The van der Waals surface area contributed by atoms with Crippen molar-refractivity contribution in [2.75, 3.05) is 47.9 Å². The molecule has 0 radical (unpaired) electrons. The molecule has 3 aromatic carbocycles. The molecule has 11 heteroatoms. The van der Waals surface area contributed by atoms with Crippen molar-refractivity contribution < 1.29 is 32.2 Å². The van der Waals surface area contributed by atoms with Gasteiger partial charge in [0.15, 0.2) is 11.5 Å². The average molecular weight is 552 g/mol. The molecule has 0 saturated carbocycles. The summed E-state index contributed by atoms with van der Waals surface area (Å²) in [5.41, 5.74) is 1.36. The molecule has 5 rings (SSSR count). The summed E-state index contributed by atoms with van der Waals surface area (Å²) < 4.78 is 44.9. The number of anilines is 3. The van der Waals surface area contributed by atoms with E-state index >= 15 is 0 Å². The van der Waals surface area contributed by atoms with Gasteiger partial charge in [-0.05, 0) is 49.4 Å². The summed E-state index contributed by atoms with van der Waals surface area (Å²) in [5, 5.41) is 2.78. The first-order chi connectivity index (χ1) is 18.8. The number of hydrogen-bond donors (Lipinski definition) is 1. The first-order valence-corrected chi connectivity index (χ1v) is 14.0. The van der Waals surface area contributed by atoms with E-state index in [1.807, 2.05) is 6.07 Å². The monoisotopic (exact) mass is 551 g/mol. The Morgan fingerprint density at radius 2 is 1.79 bits per heavy atom. The van der Waals surface area contributed by atoms with Crippen LogP contribution >= 0.6 is 0 Å². The van der Waals surface area contributed by atoms with Crippen LogP contribution in [0, 0.1) is 5.92 Å². The van der Waals surface area contributed by atoms with Crippen LogP contribution in [0.2, 0.25) is 0 Å². The van der Waals surface area contributed by atoms with E-state index in [0.717, 1.165) is 0 Å². The Hall–Kier alpha value is -4.25. The smallest absolute Gasteiger partial charge is 0.264 e. The fourth-order valence-corrected chi connectivity index (χ4v) is 6.23. The third-order valence-electron chi connectivity index (χ3n) is 6.68. The van der Waals surface area contributed by atoms with Crippen molar-refractivity contribution in [2.45, 2.75) is 18.2 Å². The van der Waals surface area contributed by atoms with Crippen molar-refractivity contribution in [2.24, 2.45) is 5.92 Å². The highest BCUT2D eigenvalue weighted by Gasteiger charge is 2.36. The van der Waals surface area contributed by atoms with Gasteiger partial charge in [-0.3, -0.25) is 13.9 Å². The van der Waals surface area contributed by atoms with Crippen LogP contribution in [0.4, 0.5) is 17.1 Å². The second kappa shape index (κ2) is 10.9. The number of fused-ring (bicyclic) bond motifs is 1. The molecule has 2 aliphatic rings. The van der Waals surface area contributed by atoms with Gasteiger partial charge in [0.2, 0.25) is 11.8 Å². The molecule has 10 nitrogen and oxygen atoms in total. The van der Waals surface area contributed by atoms with E-state index in [-0.39, 0.29) is 36.0 Å². The van der Waals surface area contributed by atoms with Crippen molar-refractivity contribution in [3.63, 3.8) is 0 Å². The highest BCUT2D eigenvalue weighted by molar-refractivity contribution is 7.92. The lowest BCUT2D eigenvalue weighted by atomic mass is 10.1. The molecule has 2 heterocycles. The van der Waals surface area contributed by atoms with Crippen molar-refractivity contribution in [3.8, 4) is 17.2 Å². The van der Waals surface area contributed by atoms with E-state index in [1.165, 1.54) is 29.6 Å². The van der Waals surface area contributed by atoms with Crippen LogP contribution < -0.4 is 28.7 Å². The molecule has 0 bridgehead atoms. The van der Waals surface area contributed by atoms with Gasteiger partial charge < -0.3 is 24.4 Å². The Balaban J connectivity index is 1.35. The van der Waals surface area contributed by atoms with E-state index in [1.54, 1.807) is 54.3 Å². The number of carbonyl (C=O) groups excluding carboxylic acids is 2. The molecule has 2 amide bonds. The first kappa shape index (κ1) is 26.4. The predicted molar refractivity (Wildman–Crippen MR) is 146 cm³/mol. The number of nitrogens with one attached hydrogen (secondary N) is 1. The largest absolute Gasteiger partial charge is 0.495 e. The minimum Gasteiger partial charge on any atom is -0.495 e. The van der Waals surface area contributed by atoms with E-state index < -0.39 is 21.8 Å². The fraction of sp³-hybridized carbons (Fsp3) is 0.286. The quantitative estimate of drug-likeness (QED) is 0.454. The molecule has 1 atom stereocenters. The Labute approximate surface area is 227 Å². The van der Waals surface area contributed by atoms with Gasteiger partial charge in [-0.15, -0.1) is 0 Å². The zero-order valence-electron chi connectivity index (χ0n) is 21.6. The molecule has 1 unspecified atom stereocenters. The summed E-state index contributed by atoms with van der Waals surface area (Å²) >= 11 is 0. The molecular weight excluding hydrogens is 522 g/mol.